The van der Waals surface area contributed by atoms with Gasteiger partial charge >= 0.3 is 0 Å². The Morgan fingerprint density at radius 1 is 1.29 bits per heavy atom. The molecule has 2 heterocycles. The average Bonchev–Trinajstić information content (AvgIpc) is 3.03. The van der Waals surface area contributed by atoms with E-state index in [0.29, 0.717) is 17.5 Å². The Morgan fingerprint density at radius 3 is 2.86 bits per heavy atom. The molecule has 3 aliphatic rings. The molecule has 116 valence electrons. The van der Waals surface area contributed by atoms with Crippen molar-refractivity contribution < 1.29 is 4.42 Å². The second kappa shape index (κ2) is 4.85. The number of likely N-dealkylation sites (tertiary alicyclic amines) is 1. The molecule has 2 fully saturated rings. The van der Waals surface area contributed by atoms with Gasteiger partial charge in [0.1, 0.15) is 11.5 Å². The van der Waals surface area contributed by atoms with Crippen LogP contribution in [0.2, 0.25) is 0 Å². The molecular formula is C18H28N2O. The summed E-state index contributed by atoms with van der Waals surface area (Å²) in [5, 5.41) is 3.95. The Morgan fingerprint density at radius 2 is 2.10 bits per heavy atom. The normalized spacial score (nSPS) is 32.3. The monoisotopic (exact) mass is 288 g/mol. The van der Waals surface area contributed by atoms with Crippen LogP contribution in [0.3, 0.4) is 0 Å². The van der Waals surface area contributed by atoms with Crippen LogP contribution in [0.15, 0.2) is 10.5 Å². The number of rotatable bonds is 3. The number of aryl methyl sites for hydroxylation is 1. The molecule has 0 amide bonds. The summed E-state index contributed by atoms with van der Waals surface area (Å²) in [5.74, 6) is 2.29. The molecule has 1 N–H and O–H groups in total. The van der Waals surface area contributed by atoms with E-state index in [1.54, 1.807) is 0 Å². The van der Waals surface area contributed by atoms with E-state index in [1.165, 1.54) is 50.1 Å². The predicted octanol–water partition coefficient (Wildman–Crippen LogP) is 3.43. The molecule has 2 atom stereocenters. The van der Waals surface area contributed by atoms with E-state index in [0.717, 1.165) is 18.2 Å². The number of fused-ring (bicyclic) bond motifs is 1. The third-order valence-electron chi connectivity index (χ3n) is 5.46. The zero-order valence-electron chi connectivity index (χ0n) is 13.6. The van der Waals surface area contributed by atoms with Crippen LogP contribution in [-0.4, -0.2) is 30.1 Å². The van der Waals surface area contributed by atoms with E-state index in [9.17, 15) is 0 Å². The van der Waals surface area contributed by atoms with Gasteiger partial charge in [0.25, 0.3) is 0 Å². The van der Waals surface area contributed by atoms with E-state index in [1.807, 2.05) is 0 Å². The van der Waals surface area contributed by atoms with Crippen molar-refractivity contribution in [1.29, 1.82) is 0 Å². The van der Waals surface area contributed by atoms with Gasteiger partial charge in [-0.25, -0.2) is 0 Å². The first-order chi connectivity index (χ1) is 10.00. The van der Waals surface area contributed by atoms with E-state index in [4.69, 9.17) is 4.42 Å². The smallest absolute Gasteiger partial charge is 0.109 e. The molecule has 1 aliphatic heterocycles. The molecule has 1 aromatic heterocycles. The fourth-order valence-corrected chi connectivity index (χ4v) is 4.31. The average molecular weight is 288 g/mol. The maximum Gasteiger partial charge on any atom is 0.109 e. The Hall–Kier alpha value is -0.800. The van der Waals surface area contributed by atoms with Crippen molar-refractivity contribution in [2.75, 3.05) is 13.1 Å². The van der Waals surface area contributed by atoms with Gasteiger partial charge in [0.2, 0.25) is 0 Å². The van der Waals surface area contributed by atoms with E-state index < -0.39 is 0 Å². The van der Waals surface area contributed by atoms with Crippen molar-refractivity contribution in [2.45, 2.75) is 71.0 Å². The van der Waals surface area contributed by atoms with Crippen molar-refractivity contribution in [3.8, 4) is 0 Å². The van der Waals surface area contributed by atoms with Crippen molar-refractivity contribution in [3.05, 3.63) is 23.2 Å². The van der Waals surface area contributed by atoms with Gasteiger partial charge in [-0.3, -0.25) is 4.90 Å². The fourth-order valence-electron chi connectivity index (χ4n) is 4.31. The highest BCUT2D eigenvalue weighted by atomic mass is 16.3. The molecule has 1 aromatic rings. The highest BCUT2D eigenvalue weighted by Gasteiger charge is 2.38. The molecule has 3 heteroatoms. The molecule has 0 bridgehead atoms. The van der Waals surface area contributed by atoms with Crippen LogP contribution in [0.1, 0.15) is 62.7 Å². The second-order valence-corrected chi connectivity index (χ2v) is 8.21. The molecule has 3 nitrogen and oxygen atoms in total. The van der Waals surface area contributed by atoms with Crippen LogP contribution in [0.4, 0.5) is 0 Å². The number of nitrogens with zero attached hydrogens (tertiary/aromatic N) is 1. The van der Waals surface area contributed by atoms with Gasteiger partial charge in [-0.15, -0.1) is 0 Å². The van der Waals surface area contributed by atoms with Crippen LogP contribution in [0, 0.1) is 12.3 Å². The molecule has 2 unspecified atom stereocenters. The maximum atomic E-state index is 5.96. The first kappa shape index (κ1) is 13.8. The SMILES string of the molecule is Cc1cc2c(o1)CC(C)(C)CC2NC1CCN(C2CC2)C1. The Kier molecular flexibility index (Phi) is 3.20. The van der Waals surface area contributed by atoms with Gasteiger partial charge in [0.15, 0.2) is 0 Å². The van der Waals surface area contributed by atoms with Crippen molar-refractivity contribution in [3.63, 3.8) is 0 Å². The van der Waals surface area contributed by atoms with Gasteiger partial charge in [0, 0.05) is 43.2 Å². The summed E-state index contributed by atoms with van der Waals surface area (Å²) in [4.78, 5) is 2.69. The standard InChI is InChI=1S/C18H28N2O/c1-12-8-15-16(9-18(2,3)10-17(15)21-12)19-13-6-7-20(11-13)14-4-5-14/h8,13-14,16,19H,4-7,9-11H2,1-3H3. The number of hydrogen-bond acceptors (Lipinski definition) is 3. The van der Waals surface area contributed by atoms with Crippen LogP contribution >= 0.6 is 0 Å². The molecule has 1 saturated carbocycles. The van der Waals surface area contributed by atoms with Gasteiger partial charge in [-0.1, -0.05) is 13.8 Å². The topological polar surface area (TPSA) is 28.4 Å². The summed E-state index contributed by atoms with van der Waals surface area (Å²) in [6, 6.07) is 4.31. The summed E-state index contributed by atoms with van der Waals surface area (Å²) in [6.07, 6.45) is 6.45. The van der Waals surface area contributed by atoms with Crippen molar-refractivity contribution in [2.24, 2.45) is 5.41 Å². The van der Waals surface area contributed by atoms with Crippen LogP contribution < -0.4 is 5.32 Å². The van der Waals surface area contributed by atoms with Crippen LogP contribution in [0.25, 0.3) is 0 Å². The third-order valence-corrected chi connectivity index (χ3v) is 5.46. The van der Waals surface area contributed by atoms with Crippen molar-refractivity contribution >= 4 is 0 Å². The van der Waals surface area contributed by atoms with Gasteiger partial charge in [-0.2, -0.15) is 0 Å². The minimum absolute atomic E-state index is 0.337. The minimum atomic E-state index is 0.337. The van der Waals surface area contributed by atoms with Crippen LogP contribution in [0.5, 0.6) is 0 Å². The first-order valence-electron chi connectivity index (χ1n) is 8.59. The van der Waals surface area contributed by atoms with Gasteiger partial charge in [0.05, 0.1) is 0 Å². The highest BCUT2D eigenvalue weighted by Crippen LogP contribution is 2.42. The van der Waals surface area contributed by atoms with E-state index in [2.05, 4.69) is 37.1 Å². The lowest BCUT2D eigenvalue weighted by Crippen LogP contribution is -2.40. The third kappa shape index (κ3) is 2.78. The Labute approximate surface area is 128 Å². The van der Waals surface area contributed by atoms with Crippen LogP contribution in [-0.2, 0) is 6.42 Å². The molecule has 0 aromatic carbocycles. The molecule has 0 radical (unpaired) electrons. The molecular weight excluding hydrogens is 260 g/mol. The maximum absolute atomic E-state index is 5.96. The first-order valence-corrected chi connectivity index (χ1v) is 8.59. The summed E-state index contributed by atoms with van der Waals surface area (Å²) >= 11 is 0. The van der Waals surface area contributed by atoms with E-state index in [-0.39, 0.29) is 0 Å². The summed E-state index contributed by atoms with van der Waals surface area (Å²) < 4.78 is 5.96. The lowest BCUT2D eigenvalue weighted by molar-refractivity contribution is 0.222. The lowest BCUT2D eigenvalue weighted by atomic mass is 9.74. The quantitative estimate of drug-likeness (QED) is 0.923. The molecule has 0 spiro atoms. The predicted molar refractivity (Wildman–Crippen MR) is 84.4 cm³/mol. The number of nitrogens with one attached hydrogen (secondary N) is 1. The van der Waals surface area contributed by atoms with Gasteiger partial charge < -0.3 is 9.73 Å². The lowest BCUT2D eigenvalue weighted by Gasteiger charge is -2.36. The molecule has 4 rings (SSSR count). The largest absolute Gasteiger partial charge is 0.466 e. The minimum Gasteiger partial charge on any atom is -0.466 e. The Balaban J connectivity index is 1.49. The zero-order valence-corrected chi connectivity index (χ0v) is 13.6. The summed E-state index contributed by atoms with van der Waals surface area (Å²) in [7, 11) is 0. The summed E-state index contributed by atoms with van der Waals surface area (Å²) in [5.41, 5.74) is 1.76. The molecule has 21 heavy (non-hydrogen) atoms. The van der Waals surface area contributed by atoms with E-state index >= 15 is 0 Å². The van der Waals surface area contributed by atoms with Crippen molar-refractivity contribution in [1.82, 2.24) is 10.2 Å². The Bertz CT molecular complexity index is 529. The number of hydrogen-bond donors (Lipinski definition) is 1. The highest BCUT2D eigenvalue weighted by molar-refractivity contribution is 5.29. The molecule has 1 saturated heterocycles. The number of furan rings is 1. The second-order valence-electron chi connectivity index (χ2n) is 8.21. The summed E-state index contributed by atoms with van der Waals surface area (Å²) in [6.45, 7) is 9.34. The zero-order chi connectivity index (χ0) is 14.6. The fraction of sp³-hybridized carbons (Fsp3) is 0.778. The molecule has 2 aliphatic carbocycles. The van der Waals surface area contributed by atoms with Gasteiger partial charge in [-0.05, 0) is 44.1 Å².